The second-order valence-corrected chi connectivity index (χ2v) is 2.92. The van der Waals surface area contributed by atoms with Gasteiger partial charge in [0.05, 0.1) is 12.7 Å². The fourth-order valence-electron chi connectivity index (χ4n) is 0.803. The molecular formula is C9H20O3. The highest BCUT2D eigenvalue weighted by Gasteiger charge is 2.06. The second kappa shape index (κ2) is 7.53. The first-order valence-electron chi connectivity index (χ1n) is 4.58. The van der Waals surface area contributed by atoms with Gasteiger partial charge in [-0.3, -0.25) is 0 Å². The van der Waals surface area contributed by atoms with E-state index in [1.165, 1.54) is 0 Å². The van der Waals surface area contributed by atoms with Crippen molar-refractivity contribution in [3.05, 3.63) is 0 Å². The minimum atomic E-state index is -0.210. The molecular weight excluding hydrogens is 156 g/mol. The summed E-state index contributed by atoms with van der Waals surface area (Å²) in [6.45, 7) is 6.56. The predicted octanol–water partition coefficient (Wildman–Crippen LogP) is 1.55. The molecule has 0 bridgehead atoms. The summed E-state index contributed by atoms with van der Waals surface area (Å²) in [5, 5.41) is 8.67. The molecule has 3 heteroatoms. The minimum absolute atomic E-state index is 0.0431. The van der Waals surface area contributed by atoms with Crippen molar-refractivity contribution in [1.82, 2.24) is 0 Å². The van der Waals surface area contributed by atoms with Gasteiger partial charge in [-0.1, -0.05) is 13.3 Å². The third kappa shape index (κ3) is 6.58. The molecule has 0 fully saturated rings. The lowest BCUT2D eigenvalue weighted by Gasteiger charge is -2.17. The average molecular weight is 176 g/mol. The van der Waals surface area contributed by atoms with E-state index in [0.717, 1.165) is 19.4 Å². The first-order valence-corrected chi connectivity index (χ1v) is 4.58. The van der Waals surface area contributed by atoms with Crippen LogP contribution in [-0.2, 0) is 9.47 Å². The van der Waals surface area contributed by atoms with Gasteiger partial charge in [0.2, 0.25) is 0 Å². The number of hydrogen-bond donors (Lipinski definition) is 1. The highest BCUT2D eigenvalue weighted by atomic mass is 16.7. The number of aliphatic hydroxyl groups excluding tert-OH is 1. The standard InChI is InChI=1S/C9H20O3/c1-4-5-6-11-9(3)12-8(2)7-10/h8-10H,4-7H2,1-3H3/t8?,9-/m1/s1. The maximum Gasteiger partial charge on any atom is 0.155 e. The first-order chi connectivity index (χ1) is 5.70. The van der Waals surface area contributed by atoms with Crippen LogP contribution in [0.15, 0.2) is 0 Å². The Morgan fingerprint density at radius 3 is 2.50 bits per heavy atom. The summed E-state index contributed by atoms with van der Waals surface area (Å²) >= 11 is 0. The zero-order valence-electron chi connectivity index (χ0n) is 8.25. The molecule has 0 aliphatic carbocycles. The van der Waals surface area contributed by atoms with Crippen LogP contribution in [0, 0.1) is 0 Å². The Morgan fingerprint density at radius 2 is 2.00 bits per heavy atom. The van der Waals surface area contributed by atoms with E-state index in [0.29, 0.717) is 0 Å². The SMILES string of the molecule is CCCCO[C@@H](C)OC(C)CO. The van der Waals surface area contributed by atoms with Crippen LogP contribution in [0.25, 0.3) is 0 Å². The quantitative estimate of drug-likeness (QED) is 0.472. The van der Waals surface area contributed by atoms with Crippen LogP contribution in [0.4, 0.5) is 0 Å². The predicted molar refractivity (Wildman–Crippen MR) is 48.0 cm³/mol. The average Bonchev–Trinajstić information content (AvgIpc) is 2.05. The molecule has 1 N–H and O–H groups in total. The van der Waals surface area contributed by atoms with Gasteiger partial charge in [0.1, 0.15) is 0 Å². The number of ether oxygens (including phenoxy) is 2. The van der Waals surface area contributed by atoms with Crippen LogP contribution < -0.4 is 0 Å². The molecule has 0 aromatic heterocycles. The number of aliphatic hydroxyl groups is 1. The molecule has 74 valence electrons. The van der Waals surface area contributed by atoms with E-state index in [4.69, 9.17) is 14.6 Å². The molecule has 12 heavy (non-hydrogen) atoms. The molecule has 0 spiro atoms. The smallest absolute Gasteiger partial charge is 0.155 e. The zero-order valence-corrected chi connectivity index (χ0v) is 8.25. The topological polar surface area (TPSA) is 38.7 Å². The number of hydrogen-bond acceptors (Lipinski definition) is 3. The van der Waals surface area contributed by atoms with Crippen LogP contribution in [0.2, 0.25) is 0 Å². The van der Waals surface area contributed by atoms with Gasteiger partial charge in [0, 0.05) is 6.61 Å². The molecule has 0 saturated heterocycles. The highest BCUT2D eigenvalue weighted by Crippen LogP contribution is 2.00. The van der Waals surface area contributed by atoms with Crippen LogP contribution in [-0.4, -0.2) is 30.7 Å². The van der Waals surface area contributed by atoms with Crippen LogP contribution >= 0.6 is 0 Å². The van der Waals surface area contributed by atoms with E-state index in [1.54, 1.807) is 0 Å². The Bertz CT molecular complexity index is 95.8. The van der Waals surface area contributed by atoms with Gasteiger partial charge in [-0.25, -0.2) is 0 Å². The molecule has 2 atom stereocenters. The van der Waals surface area contributed by atoms with Gasteiger partial charge in [-0.15, -0.1) is 0 Å². The summed E-state index contributed by atoms with van der Waals surface area (Å²) in [7, 11) is 0. The fourth-order valence-corrected chi connectivity index (χ4v) is 0.803. The van der Waals surface area contributed by atoms with Crippen molar-refractivity contribution < 1.29 is 14.6 Å². The summed E-state index contributed by atoms with van der Waals surface area (Å²) in [5.41, 5.74) is 0. The van der Waals surface area contributed by atoms with Crippen molar-refractivity contribution in [2.24, 2.45) is 0 Å². The molecule has 0 aromatic carbocycles. The summed E-state index contributed by atoms with van der Waals surface area (Å²) in [6, 6.07) is 0. The van der Waals surface area contributed by atoms with E-state index >= 15 is 0 Å². The van der Waals surface area contributed by atoms with Crippen molar-refractivity contribution in [3.63, 3.8) is 0 Å². The lowest BCUT2D eigenvalue weighted by atomic mass is 10.4. The largest absolute Gasteiger partial charge is 0.394 e. The van der Waals surface area contributed by atoms with Gasteiger partial charge >= 0.3 is 0 Å². The molecule has 1 unspecified atom stereocenters. The molecule has 0 aliphatic heterocycles. The Hall–Kier alpha value is -0.120. The summed E-state index contributed by atoms with van der Waals surface area (Å²) in [4.78, 5) is 0. The Labute approximate surface area is 74.7 Å². The van der Waals surface area contributed by atoms with Crippen molar-refractivity contribution in [3.8, 4) is 0 Å². The highest BCUT2D eigenvalue weighted by molar-refractivity contribution is 4.45. The zero-order chi connectivity index (χ0) is 9.40. The summed E-state index contributed by atoms with van der Waals surface area (Å²) in [5.74, 6) is 0. The van der Waals surface area contributed by atoms with Crippen molar-refractivity contribution in [2.45, 2.75) is 46.0 Å². The molecule has 3 nitrogen and oxygen atoms in total. The van der Waals surface area contributed by atoms with Gasteiger partial charge in [-0.2, -0.15) is 0 Å². The third-order valence-corrected chi connectivity index (χ3v) is 1.53. The molecule has 0 aliphatic rings. The fraction of sp³-hybridized carbons (Fsp3) is 1.00. The van der Waals surface area contributed by atoms with Crippen LogP contribution in [0.1, 0.15) is 33.6 Å². The van der Waals surface area contributed by atoms with Gasteiger partial charge in [-0.05, 0) is 20.3 Å². The molecule has 0 amide bonds. The van der Waals surface area contributed by atoms with Crippen molar-refractivity contribution in [1.29, 1.82) is 0 Å². The third-order valence-electron chi connectivity index (χ3n) is 1.53. The first kappa shape index (κ1) is 11.9. The monoisotopic (exact) mass is 176 g/mol. The van der Waals surface area contributed by atoms with Gasteiger partial charge in [0.15, 0.2) is 6.29 Å². The molecule has 0 saturated carbocycles. The maximum atomic E-state index is 8.67. The van der Waals surface area contributed by atoms with Gasteiger partial charge in [0.25, 0.3) is 0 Å². The van der Waals surface area contributed by atoms with E-state index in [9.17, 15) is 0 Å². The lowest BCUT2D eigenvalue weighted by Crippen LogP contribution is -2.22. The van der Waals surface area contributed by atoms with E-state index in [2.05, 4.69) is 6.92 Å². The normalized spacial score (nSPS) is 16.0. The molecule has 0 aromatic rings. The van der Waals surface area contributed by atoms with Crippen LogP contribution in [0.3, 0.4) is 0 Å². The second-order valence-electron chi connectivity index (χ2n) is 2.92. The Kier molecular flexibility index (Phi) is 7.45. The van der Waals surface area contributed by atoms with Crippen LogP contribution in [0.5, 0.6) is 0 Å². The summed E-state index contributed by atoms with van der Waals surface area (Å²) in [6.07, 6.45) is 1.84. The van der Waals surface area contributed by atoms with E-state index in [-0.39, 0.29) is 19.0 Å². The maximum absolute atomic E-state index is 8.67. The van der Waals surface area contributed by atoms with Crippen molar-refractivity contribution in [2.75, 3.05) is 13.2 Å². The van der Waals surface area contributed by atoms with Crippen molar-refractivity contribution >= 4 is 0 Å². The summed E-state index contributed by atoms with van der Waals surface area (Å²) < 4.78 is 10.6. The Morgan fingerprint density at radius 1 is 1.33 bits per heavy atom. The molecule has 0 radical (unpaired) electrons. The molecule has 0 rings (SSSR count). The number of unbranched alkanes of at least 4 members (excludes halogenated alkanes) is 1. The number of rotatable bonds is 7. The Balaban J connectivity index is 3.26. The molecule has 0 heterocycles. The van der Waals surface area contributed by atoms with E-state index < -0.39 is 0 Å². The minimum Gasteiger partial charge on any atom is -0.394 e. The van der Waals surface area contributed by atoms with E-state index in [1.807, 2.05) is 13.8 Å². The van der Waals surface area contributed by atoms with Gasteiger partial charge < -0.3 is 14.6 Å². The lowest BCUT2D eigenvalue weighted by molar-refractivity contribution is -0.163.